The summed E-state index contributed by atoms with van der Waals surface area (Å²) in [6.45, 7) is 6.62. The molecule has 0 saturated heterocycles. The summed E-state index contributed by atoms with van der Waals surface area (Å²) in [5.74, 6) is 1.83. The van der Waals surface area contributed by atoms with Gasteiger partial charge in [-0.25, -0.2) is 0 Å². The zero-order chi connectivity index (χ0) is 9.14. The highest BCUT2D eigenvalue weighted by atomic mass is 16.4. The van der Waals surface area contributed by atoms with Gasteiger partial charge in [0.25, 0.3) is 0 Å². The predicted octanol–water partition coefficient (Wildman–Crippen LogP) is 2.91. The van der Waals surface area contributed by atoms with Gasteiger partial charge in [0.05, 0.1) is 5.71 Å². The van der Waals surface area contributed by atoms with Gasteiger partial charge < -0.3 is 5.21 Å². The Labute approximate surface area is 74.7 Å². The van der Waals surface area contributed by atoms with Gasteiger partial charge >= 0.3 is 0 Å². The molecule has 12 heavy (non-hydrogen) atoms. The van der Waals surface area contributed by atoms with Crippen LogP contribution in [0.15, 0.2) is 5.16 Å². The summed E-state index contributed by atoms with van der Waals surface area (Å²) < 4.78 is 0. The van der Waals surface area contributed by atoms with Gasteiger partial charge in [-0.15, -0.1) is 0 Å². The molecule has 0 aromatic carbocycles. The first-order chi connectivity index (χ1) is 5.65. The van der Waals surface area contributed by atoms with E-state index in [1.807, 2.05) is 0 Å². The monoisotopic (exact) mass is 169 g/mol. The highest BCUT2D eigenvalue weighted by Gasteiger charge is 2.27. The lowest BCUT2D eigenvalue weighted by Gasteiger charge is -2.29. The SMILES string of the molecule is CC(C)[C@@H]1CC[C@@H](C)CC1=NO. The summed E-state index contributed by atoms with van der Waals surface area (Å²) in [4.78, 5) is 0. The van der Waals surface area contributed by atoms with Gasteiger partial charge in [-0.05, 0) is 31.1 Å². The Balaban J connectivity index is 2.63. The van der Waals surface area contributed by atoms with Crippen LogP contribution in [0.2, 0.25) is 0 Å². The predicted molar refractivity (Wildman–Crippen MR) is 50.6 cm³/mol. The van der Waals surface area contributed by atoms with Crippen molar-refractivity contribution in [3.63, 3.8) is 0 Å². The van der Waals surface area contributed by atoms with E-state index in [2.05, 4.69) is 25.9 Å². The Kier molecular flexibility index (Phi) is 3.12. The number of rotatable bonds is 1. The van der Waals surface area contributed by atoms with E-state index in [-0.39, 0.29) is 0 Å². The van der Waals surface area contributed by atoms with E-state index in [0.717, 1.165) is 12.1 Å². The van der Waals surface area contributed by atoms with Crippen molar-refractivity contribution in [1.29, 1.82) is 0 Å². The molecule has 0 unspecified atom stereocenters. The smallest absolute Gasteiger partial charge is 0.0606 e. The van der Waals surface area contributed by atoms with E-state index in [1.165, 1.54) is 12.8 Å². The minimum atomic E-state index is 0.520. The second kappa shape index (κ2) is 3.92. The number of hydrogen-bond donors (Lipinski definition) is 1. The van der Waals surface area contributed by atoms with Gasteiger partial charge in [-0.1, -0.05) is 25.9 Å². The average molecular weight is 169 g/mol. The van der Waals surface area contributed by atoms with Crippen LogP contribution in [0.4, 0.5) is 0 Å². The van der Waals surface area contributed by atoms with Gasteiger partial charge in [0.15, 0.2) is 0 Å². The second-order valence-corrected chi connectivity index (χ2v) is 4.33. The summed E-state index contributed by atoms with van der Waals surface area (Å²) in [7, 11) is 0. The molecule has 2 nitrogen and oxygen atoms in total. The normalized spacial score (nSPS) is 34.5. The molecule has 0 aromatic heterocycles. The quantitative estimate of drug-likeness (QED) is 0.475. The van der Waals surface area contributed by atoms with Gasteiger partial charge in [-0.2, -0.15) is 0 Å². The second-order valence-electron chi connectivity index (χ2n) is 4.33. The third-order valence-corrected chi connectivity index (χ3v) is 2.89. The number of hydrogen-bond acceptors (Lipinski definition) is 2. The molecule has 1 rings (SSSR count). The van der Waals surface area contributed by atoms with Crippen molar-refractivity contribution in [1.82, 2.24) is 0 Å². The van der Waals surface area contributed by atoms with Crippen molar-refractivity contribution in [2.45, 2.75) is 40.0 Å². The Bertz CT molecular complexity index is 175. The molecule has 0 aliphatic heterocycles. The van der Waals surface area contributed by atoms with Crippen LogP contribution in [-0.2, 0) is 0 Å². The van der Waals surface area contributed by atoms with Crippen LogP contribution in [0.25, 0.3) is 0 Å². The lowest BCUT2D eigenvalue weighted by atomic mass is 9.76. The first kappa shape index (κ1) is 9.56. The zero-order valence-corrected chi connectivity index (χ0v) is 8.25. The molecule has 1 fully saturated rings. The maximum atomic E-state index is 8.82. The third-order valence-electron chi connectivity index (χ3n) is 2.89. The summed E-state index contributed by atoms with van der Waals surface area (Å²) in [6.07, 6.45) is 3.46. The molecule has 0 aromatic rings. The van der Waals surface area contributed by atoms with Crippen LogP contribution >= 0.6 is 0 Å². The largest absolute Gasteiger partial charge is 0.411 e. The molecular weight excluding hydrogens is 150 g/mol. The molecule has 0 amide bonds. The van der Waals surface area contributed by atoms with Crippen LogP contribution in [-0.4, -0.2) is 10.9 Å². The highest BCUT2D eigenvalue weighted by Crippen LogP contribution is 2.30. The van der Waals surface area contributed by atoms with Gasteiger partial charge in [-0.3, -0.25) is 0 Å². The van der Waals surface area contributed by atoms with Crippen LogP contribution in [0.3, 0.4) is 0 Å². The van der Waals surface area contributed by atoms with Crippen LogP contribution in [0.5, 0.6) is 0 Å². The van der Waals surface area contributed by atoms with Crippen molar-refractivity contribution in [3.8, 4) is 0 Å². The van der Waals surface area contributed by atoms with Crippen LogP contribution in [0.1, 0.15) is 40.0 Å². The van der Waals surface area contributed by atoms with Crippen molar-refractivity contribution < 1.29 is 5.21 Å². The fourth-order valence-corrected chi connectivity index (χ4v) is 2.07. The maximum absolute atomic E-state index is 8.82. The minimum absolute atomic E-state index is 0.520. The molecule has 0 spiro atoms. The molecule has 0 bridgehead atoms. The van der Waals surface area contributed by atoms with E-state index < -0.39 is 0 Å². The highest BCUT2D eigenvalue weighted by molar-refractivity contribution is 5.87. The summed E-state index contributed by atoms with van der Waals surface area (Å²) in [5.41, 5.74) is 1.02. The molecular formula is C10H19NO. The summed E-state index contributed by atoms with van der Waals surface area (Å²) in [6, 6.07) is 0. The molecule has 0 radical (unpaired) electrons. The Hall–Kier alpha value is -0.530. The van der Waals surface area contributed by atoms with E-state index in [0.29, 0.717) is 17.8 Å². The minimum Gasteiger partial charge on any atom is -0.411 e. The average Bonchev–Trinajstić information content (AvgIpc) is 2.03. The van der Waals surface area contributed by atoms with E-state index >= 15 is 0 Å². The van der Waals surface area contributed by atoms with Crippen molar-refractivity contribution in [2.24, 2.45) is 22.9 Å². The lowest BCUT2D eigenvalue weighted by Crippen LogP contribution is -2.27. The van der Waals surface area contributed by atoms with E-state index in [1.54, 1.807) is 0 Å². The van der Waals surface area contributed by atoms with Gasteiger partial charge in [0.1, 0.15) is 0 Å². The molecule has 1 aliphatic carbocycles. The molecule has 70 valence electrons. The van der Waals surface area contributed by atoms with Crippen molar-refractivity contribution >= 4 is 5.71 Å². The molecule has 0 heterocycles. The van der Waals surface area contributed by atoms with Gasteiger partial charge in [0.2, 0.25) is 0 Å². The molecule has 1 aliphatic rings. The fourth-order valence-electron chi connectivity index (χ4n) is 2.07. The topological polar surface area (TPSA) is 32.6 Å². The maximum Gasteiger partial charge on any atom is 0.0606 e. The third kappa shape index (κ3) is 1.99. The first-order valence-corrected chi connectivity index (χ1v) is 4.86. The summed E-state index contributed by atoms with van der Waals surface area (Å²) >= 11 is 0. The molecule has 1 N–H and O–H groups in total. The molecule has 2 heteroatoms. The van der Waals surface area contributed by atoms with Gasteiger partial charge in [0, 0.05) is 5.92 Å². The molecule has 2 atom stereocenters. The van der Waals surface area contributed by atoms with Crippen LogP contribution < -0.4 is 0 Å². The Morgan fingerprint density at radius 1 is 1.42 bits per heavy atom. The standard InChI is InChI=1S/C10H19NO/c1-7(2)9-5-4-8(3)6-10(9)11-12/h7-9,12H,4-6H2,1-3H3/t8-,9+/m1/s1. The zero-order valence-electron chi connectivity index (χ0n) is 8.25. The van der Waals surface area contributed by atoms with Crippen molar-refractivity contribution in [3.05, 3.63) is 0 Å². The summed E-state index contributed by atoms with van der Waals surface area (Å²) in [5, 5.41) is 12.2. The lowest BCUT2D eigenvalue weighted by molar-refractivity contribution is 0.291. The van der Waals surface area contributed by atoms with Crippen LogP contribution in [0, 0.1) is 17.8 Å². The molecule has 1 saturated carbocycles. The number of oxime groups is 1. The van der Waals surface area contributed by atoms with E-state index in [9.17, 15) is 0 Å². The first-order valence-electron chi connectivity index (χ1n) is 4.86. The Morgan fingerprint density at radius 3 is 2.58 bits per heavy atom. The van der Waals surface area contributed by atoms with E-state index in [4.69, 9.17) is 5.21 Å². The fraction of sp³-hybridized carbons (Fsp3) is 0.900. The number of nitrogens with zero attached hydrogens (tertiary/aromatic N) is 1. The Morgan fingerprint density at radius 2 is 2.08 bits per heavy atom. The van der Waals surface area contributed by atoms with Crippen molar-refractivity contribution in [2.75, 3.05) is 0 Å².